The average Bonchev–Trinajstić information content (AvgIpc) is 2.65. The van der Waals surface area contributed by atoms with Crippen LogP contribution in [0.2, 0.25) is 0 Å². The van der Waals surface area contributed by atoms with E-state index in [4.69, 9.17) is 0 Å². The van der Waals surface area contributed by atoms with Crippen LogP contribution in [0, 0.1) is 11.8 Å². The summed E-state index contributed by atoms with van der Waals surface area (Å²) in [7, 11) is -3.59. The first-order valence-electron chi connectivity index (χ1n) is 9.60. The van der Waals surface area contributed by atoms with E-state index in [2.05, 4.69) is 19.2 Å². The van der Waals surface area contributed by atoms with Crippen molar-refractivity contribution in [3.63, 3.8) is 0 Å². The average molecular weight is 395 g/mol. The van der Waals surface area contributed by atoms with Gasteiger partial charge in [0.15, 0.2) is 5.78 Å². The highest BCUT2D eigenvalue weighted by Gasteiger charge is 2.32. The van der Waals surface area contributed by atoms with Crippen LogP contribution < -0.4 is 5.32 Å². The Balaban J connectivity index is 1.88. The molecule has 0 unspecified atom stereocenters. The zero-order valence-electron chi connectivity index (χ0n) is 16.4. The van der Waals surface area contributed by atoms with Gasteiger partial charge in [0.05, 0.1) is 4.90 Å². The molecule has 27 heavy (non-hydrogen) atoms. The zero-order chi connectivity index (χ0) is 20.0. The van der Waals surface area contributed by atoms with Crippen LogP contribution in [0.4, 0.5) is 0 Å². The molecule has 0 aromatic heterocycles. The van der Waals surface area contributed by atoms with Gasteiger partial charge in [0.25, 0.3) is 0 Å². The molecule has 1 aromatic rings. The molecular formula is C20H30N2O4S. The standard InChI is InChI=1S/C20H30N2O4S/c1-15(2)5-4-12-21-20(24)18-10-13-22(14-11-18)27(25,26)19-8-6-17(7-9-19)16(3)23/h6-9,15,18H,4-5,10-14H2,1-3H3,(H,21,24). The van der Waals surface area contributed by atoms with Crippen molar-refractivity contribution in [2.45, 2.75) is 51.3 Å². The second kappa shape index (κ2) is 9.46. The molecule has 1 heterocycles. The van der Waals surface area contributed by atoms with Crippen molar-refractivity contribution >= 4 is 21.7 Å². The van der Waals surface area contributed by atoms with Gasteiger partial charge in [-0.2, -0.15) is 4.31 Å². The number of carbonyl (C=O) groups excluding carboxylic acids is 2. The molecule has 0 spiro atoms. The molecule has 1 aliphatic heterocycles. The summed E-state index contributed by atoms with van der Waals surface area (Å²) in [6, 6.07) is 6.01. The Morgan fingerprint density at radius 3 is 2.26 bits per heavy atom. The molecule has 1 aromatic carbocycles. The smallest absolute Gasteiger partial charge is 0.243 e. The number of hydrogen-bond acceptors (Lipinski definition) is 4. The molecule has 0 atom stereocenters. The lowest BCUT2D eigenvalue weighted by atomic mass is 9.97. The lowest BCUT2D eigenvalue weighted by Gasteiger charge is -2.30. The normalized spacial score (nSPS) is 16.4. The molecule has 7 heteroatoms. The maximum absolute atomic E-state index is 12.8. The highest BCUT2D eigenvalue weighted by molar-refractivity contribution is 7.89. The van der Waals surface area contributed by atoms with Crippen LogP contribution >= 0.6 is 0 Å². The van der Waals surface area contributed by atoms with Crippen LogP contribution in [0.15, 0.2) is 29.2 Å². The predicted octanol–water partition coefficient (Wildman–Crippen LogP) is 2.84. The summed E-state index contributed by atoms with van der Waals surface area (Å²) in [5, 5.41) is 2.97. The van der Waals surface area contributed by atoms with Crippen LogP contribution in [0.1, 0.15) is 56.8 Å². The molecule has 1 saturated heterocycles. The van der Waals surface area contributed by atoms with Crippen molar-refractivity contribution in [3.05, 3.63) is 29.8 Å². The van der Waals surface area contributed by atoms with Crippen molar-refractivity contribution < 1.29 is 18.0 Å². The minimum atomic E-state index is -3.59. The van der Waals surface area contributed by atoms with Crippen molar-refractivity contribution in [3.8, 4) is 0 Å². The summed E-state index contributed by atoms with van der Waals surface area (Å²) in [6.07, 6.45) is 3.10. The van der Waals surface area contributed by atoms with Crippen LogP contribution in [0.3, 0.4) is 0 Å². The lowest BCUT2D eigenvalue weighted by Crippen LogP contribution is -2.43. The summed E-state index contributed by atoms with van der Waals surface area (Å²) in [4.78, 5) is 23.8. The number of nitrogens with zero attached hydrogens (tertiary/aromatic N) is 1. The summed E-state index contributed by atoms with van der Waals surface area (Å²) in [6.45, 7) is 7.11. The highest BCUT2D eigenvalue weighted by atomic mass is 32.2. The molecule has 0 aliphatic carbocycles. The number of sulfonamides is 1. The van der Waals surface area contributed by atoms with Gasteiger partial charge in [-0.15, -0.1) is 0 Å². The van der Waals surface area contributed by atoms with E-state index in [1.54, 1.807) is 0 Å². The van der Waals surface area contributed by atoms with Gasteiger partial charge in [-0.25, -0.2) is 8.42 Å². The fraction of sp³-hybridized carbons (Fsp3) is 0.600. The number of carbonyl (C=O) groups is 2. The largest absolute Gasteiger partial charge is 0.356 e. The topological polar surface area (TPSA) is 83.6 Å². The minimum absolute atomic E-state index is 0.0293. The minimum Gasteiger partial charge on any atom is -0.356 e. The molecule has 2 rings (SSSR count). The first-order valence-corrected chi connectivity index (χ1v) is 11.0. The number of hydrogen-bond donors (Lipinski definition) is 1. The molecule has 0 bridgehead atoms. The van der Waals surface area contributed by atoms with Gasteiger partial charge < -0.3 is 5.32 Å². The molecule has 1 N–H and O–H groups in total. The highest BCUT2D eigenvalue weighted by Crippen LogP contribution is 2.24. The van der Waals surface area contributed by atoms with Crippen molar-refractivity contribution in [2.75, 3.05) is 19.6 Å². The quantitative estimate of drug-likeness (QED) is 0.543. The summed E-state index contributed by atoms with van der Waals surface area (Å²) >= 11 is 0. The molecular weight excluding hydrogens is 364 g/mol. The Bertz CT molecular complexity index is 749. The maximum atomic E-state index is 12.8. The third-order valence-electron chi connectivity index (χ3n) is 4.98. The first kappa shape index (κ1) is 21.6. The summed E-state index contributed by atoms with van der Waals surface area (Å²) < 4.78 is 26.9. The Morgan fingerprint density at radius 1 is 1.15 bits per heavy atom. The number of amides is 1. The van der Waals surface area contributed by atoms with E-state index < -0.39 is 10.0 Å². The SMILES string of the molecule is CC(=O)c1ccc(S(=O)(=O)N2CCC(C(=O)NCCCC(C)C)CC2)cc1. The van der Waals surface area contributed by atoms with E-state index in [1.165, 1.54) is 35.5 Å². The Morgan fingerprint density at radius 2 is 1.74 bits per heavy atom. The van der Waals surface area contributed by atoms with E-state index in [9.17, 15) is 18.0 Å². The van der Waals surface area contributed by atoms with Crippen molar-refractivity contribution in [1.82, 2.24) is 9.62 Å². The molecule has 1 aliphatic rings. The van der Waals surface area contributed by atoms with Crippen molar-refractivity contribution in [2.24, 2.45) is 11.8 Å². The molecule has 1 fully saturated rings. The van der Waals surface area contributed by atoms with Gasteiger partial charge in [0.1, 0.15) is 0 Å². The number of ketones is 1. The number of rotatable bonds is 8. The van der Waals surface area contributed by atoms with Gasteiger partial charge in [-0.05, 0) is 50.7 Å². The Hall–Kier alpha value is -1.73. The van der Waals surface area contributed by atoms with E-state index in [0.29, 0.717) is 44.0 Å². The van der Waals surface area contributed by atoms with E-state index in [1.807, 2.05) is 0 Å². The summed E-state index contributed by atoms with van der Waals surface area (Å²) in [5.41, 5.74) is 0.488. The second-order valence-corrected chi connectivity index (χ2v) is 9.52. The molecule has 1 amide bonds. The Labute approximate surface area is 162 Å². The molecule has 0 saturated carbocycles. The van der Waals surface area contributed by atoms with Gasteiger partial charge in [0, 0.05) is 31.1 Å². The van der Waals surface area contributed by atoms with Gasteiger partial charge in [0.2, 0.25) is 15.9 Å². The van der Waals surface area contributed by atoms with E-state index in [-0.39, 0.29) is 22.5 Å². The lowest BCUT2D eigenvalue weighted by molar-refractivity contribution is -0.126. The maximum Gasteiger partial charge on any atom is 0.243 e. The molecule has 0 radical (unpaired) electrons. The third-order valence-corrected chi connectivity index (χ3v) is 6.89. The van der Waals surface area contributed by atoms with Crippen molar-refractivity contribution in [1.29, 1.82) is 0 Å². The number of piperidine rings is 1. The number of nitrogens with one attached hydrogen (secondary N) is 1. The van der Waals surface area contributed by atoms with Gasteiger partial charge in [-0.3, -0.25) is 9.59 Å². The summed E-state index contributed by atoms with van der Waals surface area (Å²) in [5.74, 6) is 0.427. The second-order valence-electron chi connectivity index (χ2n) is 7.59. The zero-order valence-corrected chi connectivity index (χ0v) is 17.2. The van der Waals surface area contributed by atoms with E-state index >= 15 is 0 Å². The monoisotopic (exact) mass is 394 g/mol. The van der Waals surface area contributed by atoms with Crippen LogP contribution in [-0.4, -0.2) is 44.0 Å². The third kappa shape index (κ3) is 5.87. The molecule has 6 nitrogen and oxygen atoms in total. The first-order chi connectivity index (χ1) is 12.7. The Kier molecular flexibility index (Phi) is 7.56. The molecule has 150 valence electrons. The fourth-order valence-electron chi connectivity index (χ4n) is 3.24. The van der Waals surface area contributed by atoms with Crippen LogP contribution in [0.25, 0.3) is 0 Å². The van der Waals surface area contributed by atoms with E-state index in [0.717, 1.165) is 12.8 Å². The fourth-order valence-corrected chi connectivity index (χ4v) is 4.70. The predicted molar refractivity (Wildman–Crippen MR) is 105 cm³/mol. The van der Waals surface area contributed by atoms with Gasteiger partial charge in [-0.1, -0.05) is 26.0 Å². The number of benzene rings is 1. The number of Topliss-reactive ketones (excluding diaryl/α,β-unsaturated/α-hetero) is 1. The van der Waals surface area contributed by atoms with Gasteiger partial charge >= 0.3 is 0 Å². The van der Waals surface area contributed by atoms with Crippen LogP contribution in [0.5, 0.6) is 0 Å². The van der Waals surface area contributed by atoms with Crippen LogP contribution in [-0.2, 0) is 14.8 Å².